The fourth-order valence-electron chi connectivity index (χ4n) is 8.66. The van der Waals surface area contributed by atoms with Crippen LogP contribution in [0.4, 0.5) is 5.69 Å². The molecule has 6 atom stereocenters. The Balaban J connectivity index is 1.35. The topological polar surface area (TPSA) is 136 Å². The summed E-state index contributed by atoms with van der Waals surface area (Å²) >= 11 is 1.71. The molecule has 3 aromatic carbocycles. The SMILES string of the molecule is C=CCO[C@@]12Oc3ccc(OCCN4CC4)cc3[C@H]3[C@H](CCCCO)[C@@H](CCCCO)C=C(C(=NOCc4ccc([N+](=O)[O-])cc4)C[C@@H]1Sc1ccccc1)[C@H]32. The maximum atomic E-state index is 11.3. The first-order valence-electron chi connectivity index (χ1n) is 19.9. The summed E-state index contributed by atoms with van der Waals surface area (Å²) in [4.78, 5) is 20.4. The molecule has 11 nitrogen and oxygen atoms in total. The fraction of sp³-hybridized carbons (Fsp3) is 0.477. The summed E-state index contributed by atoms with van der Waals surface area (Å²) in [5, 5.41) is 35.6. The molecule has 0 bridgehead atoms. The van der Waals surface area contributed by atoms with Crippen molar-refractivity contribution < 1.29 is 34.2 Å². The molecule has 3 aromatic rings. The van der Waals surface area contributed by atoms with Crippen LogP contribution >= 0.6 is 11.8 Å². The van der Waals surface area contributed by atoms with Crippen LogP contribution in [-0.2, 0) is 16.2 Å². The Morgan fingerprint density at radius 1 is 1.02 bits per heavy atom. The summed E-state index contributed by atoms with van der Waals surface area (Å²) in [6, 6.07) is 22.8. The second kappa shape index (κ2) is 18.8. The first-order valence-corrected chi connectivity index (χ1v) is 20.8. The second-order valence-corrected chi connectivity index (χ2v) is 16.3. The fourth-order valence-corrected chi connectivity index (χ4v) is 9.97. The Bertz CT molecular complexity index is 1850. The van der Waals surface area contributed by atoms with Gasteiger partial charge in [-0.15, -0.1) is 18.3 Å². The Labute approximate surface area is 333 Å². The van der Waals surface area contributed by atoms with Crippen LogP contribution in [0.1, 0.15) is 62.0 Å². The van der Waals surface area contributed by atoms with Gasteiger partial charge in [0.15, 0.2) is 0 Å². The third-order valence-electron chi connectivity index (χ3n) is 11.4. The lowest BCUT2D eigenvalue weighted by molar-refractivity contribution is -0.384. The summed E-state index contributed by atoms with van der Waals surface area (Å²) < 4.78 is 20.7. The quantitative estimate of drug-likeness (QED) is 0.0361. The van der Waals surface area contributed by atoms with E-state index in [0.717, 1.165) is 84.1 Å². The lowest BCUT2D eigenvalue weighted by Crippen LogP contribution is -2.64. The number of benzene rings is 3. The van der Waals surface area contributed by atoms with Crippen molar-refractivity contribution in [3.8, 4) is 11.5 Å². The Morgan fingerprint density at radius 2 is 1.79 bits per heavy atom. The highest BCUT2D eigenvalue weighted by molar-refractivity contribution is 8.00. The first kappa shape index (κ1) is 40.0. The average molecular weight is 784 g/mol. The van der Waals surface area contributed by atoms with Crippen molar-refractivity contribution in [1.82, 2.24) is 4.90 Å². The number of oxime groups is 1. The molecule has 0 amide bonds. The lowest BCUT2D eigenvalue weighted by atomic mass is 9.56. The highest BCUT2D eigenvalue weighted by Crippen LogP contribution is 2.63. The van der Waals surface area contributed by atoms with Gasteiger partial charge in [0.25, 0.3) is 5.69 Å². The van der Waals surface area contributed by atoms with Crippen molar-refractivity contribution in [1.29, 1.82) is 0 Å². The molecule has 56 heavy (non-hydrogen) atoms. The van der Waals surface area contributed by atoms with Crippen molar-refractivity contribution in [2.75, 3.05) is 46.1 Å². The number of nitro groups is 1. The zero-order valence-corrected chi connectivity index (χ0v) is 32.7. The summed E-state index contributed by atoms with van der Waals surface area (Å²) in [6.45, 7) is 8.47. The van der Waals surface area contributed by atoms with E-state index >= 15 is 0 Å². The van der Waals surface area contributed by atoms with Crippen molar-refractivity contribution in [2.24, 2.45) is 22.9 Å². The highest BCUT2D eigenvalue weighted by Gasteiger charge is 2.64. The Morgan fingerprint density at radius 3 is 2.50 bits per heavy atom. The molecule has 1 saturated carbocycles. The number of ether oxygens (including phenoxy) is 3. The van der Waals surface area contributed by atoms with Crippen LogP contribution in [0.15, 0.2) is 107 Å². The molecule has 4 aliphatic rings. The number of hydrogen-bond acceptors (Lipinski definition) is 11. The number of aliphatic hydroxyl groups is 2. The van der Waals surface area contributed by atoms with E-state index in [2.05, 4.69) is 35.8 Å². The number of non-ortho nitro benzene ring substituents is 1. The van der Waals surface area contributed by atoms with E-state index in [9.17, 15) is 20.3 Å². The zero-order valence-electron chi connectivity index (χ0n) is 31.9. The summed E-state index contributed by atoms with van der Waals surface area (Å²) in [7, 11) is 0. The van der Waals surface area contributed by atoms with E-state index in [4.69, 9.17) is 24.2 Å². The molecule has 0 aromatic heterocycles. The number of aliphatic hydroxyl groups excluding tert-OH is 2. The van der Waals surface area contributed by atoms with Crippen LogP contribution in [0, 0.1) is 27.9 Å². The van der Waals surface area contributed by atoms with E-state index in [0.29, 0.717) is 25.9 Å². The molecule has 7 rings (SSSR count). The third kappa shape index (κ3) is 9.16. The molecule has 0 spiro atoms. The van der Waals surface area contributed by atoms with E-state index in [1.54, 1.807) is 30.0 Å². The highest BCUT2D eigenvalue weighted by atomic mass is 32.2. The predicted molar refractivity (Wildman–Crippen MR) is 217 cm³/mol. The van der Waals surface area contributed by atoms with Gasteiger partial charge < -0.3 is 29.3 Å². The van der Waals surface area contributed by atoms with Gasteiger partial charge >= 0.3 is 0 Å². The Hall–Kier alpha value is -4.20. The smallest absolute Gasteiger partial charge is 0.269 e. The minimum Gasteiger partial charge on any atom is -0.492 e. The third-order valence-corrected chi connectivity index (χ3v) is 12.7. The number of hydrogen-bond donors (Lipinski definition) is 2. The van der Waals surface area contributed by atoms with Gasteiger partial charge in [0.05, 0.1) is 28.4 Å². The molecule has 2 heterocycles. The number of unbranched alkanes of at least 4 members (excludes halogenated alkanes) is 2. The van der Waals surface area contributed by atoms with E-state index in [-0.39, 0.29) is 61.0 Å². The molecule has 2 aliphatic carbocycles. The van der Waals surface area contributed by atoms with Crippen LogP contribution < -0.4 is 9.47 Å². The van der Waals surface area contributed by atoms with Crippen LogP contribution in [0.3, 0.4) is 0 Å². The Kier molecular flexibility index (Phi) is 13.5. The van der Waals surface area contributed by atoms with E-state index in [1.165, 1.54) is 12.1 Å². The molecule has 0 unspecified atom stereocenters. The van der Waals surface area contributed by atoms with Gasteiger partial charge in [-0.1, -0.05) is 48.3 Å². The van der Waals surface area contributed by atoms with Crippen molar-refractivity contribution >= 4 is 23.2 Å². The van der Waals surface area contributed by atoms with Gasteiger partial charge in [-0.05, 0) is 91.1 Å². The van der Waals surface area contributed by atoms with Crippen LogP contribution in [0.5, 0.6) is 11.5 Å². The van der Waals surface area contributed by atoms with Crippen LogP contribution in [-0.4, -0.2) is 82.8 Å². The van der Waals surface area contributed by atoms with Crippen LogP contribution in [0.25, 0.3) is 0 Å². The number of nitrogens with zero attached hydrogens (tertiary/aromatic N) is 3. The van der Waals surface area contributed by atoms with Gasteiger partial charge in [0.2, 0.25) is 5.79 Å². The number of allylic oxidation sites excluding steroid dienone is 1. The summed E-state index contributed by atoms with van der Waals surface area (Å²) in [6.07, 6.45) is 9.61. The van der Waals surface area contributed by atoms with E-state index in [1.807, 2.05) is 30.3 Å². The zero-order chi connectivity index (χ0) is 38.9. The van der Waals surface area contributed by atoms with Gasteiger partial charge in [0.1, 0.15) is 24.7 Å². The average Bonchev–Trinajstić information content (AvgIpc) is 4.04. The molecule has 2 N–H and O–H groups in total. The van der Waals surface area contributed by atoms with Gasteiger partial charge in [-0.2, -0.15) is 0 Å². The molecule has 12 heteroatoms. The largest absolute Gasteiger partial charge is 0.492 e. The molecular weight excluding hydrogens is 731 g/mol. The van der Waals surface area contributed by atoms with Gasteiger partial charge in [-0.25, -0.2) is 0 Å². The van der Waals surface area contributed by atoms with Gasteiger partial charge in [0, 0.05) is 67.8 Å². The molecular formula is C44H53N3O8S. The van der Waals surface area contributed by atoms with E-state index < -0.39 is 10.7 Å². The maximum Gasteiger partial charge on any atom is 0.269 e. The lowest BCUT2D eigenvalue weighted by Gasteiger charge is -2.58. The molecule has 1 saturated heterocycles. The number of thioether (sulfide) groups is 1. The second-order valence-electron chi connectivity index (χ2n) is 15.1. The summed E-state index contributed by atoms with van der Waals surface area (Å²) in [5.41, 5.74) is 3.75. The van der Waals surface area contributed by atoms with Crippen LogP contribution in [0.2, 0.25) is 0 Å². The molecule has 0 radical (unpaired) electrons. The first-order chi connectivity index (χ1) is 27.4. The van der Waals surface area contributed by atoms with Crippen molar-refractivity contribution in [3.05, 3.63) is 118 Å². The minimum atomic E-state index is -1.09. The van der Waals surface area contributed by atoms with Crippen molar-refractivity contribution in [2.45, 2.75) is 73.4 Å². The molecule has 2 fully saturated rings. The molecule has 298 valence electrons. The predicted octanol–water partition coefficient (Wildman–Crippen LogP) is 7.92. The number of rotatable bonds is 21. The molecule has 2 aliphatic heterocycles. The van der Waals surface area contributed by atoms with Gasteiger partial charge in [-0.3, -0.25) is 15.0 Å². The number of fused-ring (bicyclic) bond motifs is 2. The normalized spacial score (nSPS) is 25.7. The maximum absolute atomic E-state index is 11.3. The standard InChI is InChI=1S/C44H53N3O8S/c1-2-25-53-44-41(56-35-11-4-3-5-12-35)29-39(45-54-30-31-14-16-33(17-15-31)47(50)51)37-27-32(10-6-8-23-48)36(13-7-9-24-49)42(43(37)44)38-28-34(18-19-40(38)55-44)52-26-22-46-20-21-46/h2-5,11-12,14-19,27-28,32,36,41-43,48-49H,1,6-10,13,20-26,29-30H2/t32-,36+,41-,42+,43+,44+/m0/s1. The summed E-state index contributed by atoms with van der Waals surface area (Å²) in [5.74, 6) is 0.516. The van der Waals surface area contributed by atoms with Crippen molar-refractivity contribution in [3.63, 3.8) is 0 Å². The minimum absolute atomic E-state index is 0.0231. The monoisotopic (exact) mass is 783 g/mol. The number of nitro benzene ring substituents is 1.